The van der Waals surface area contributed by atoms with E-state index in [1.165, 1.54) is 38.5 Å². The highest BCUT2D eigenvalue weighted by Gasteiger charge is 2.54. The van der Waals surface area contributed by atoms with Gasteiger partial charge in [-0.25, -0.2) is 0 Å². The zero-order valence-corrected chi connectivity index (χ0v) is 11.2. The molecule has 0 aromatic heterocycles. The fourth-order valence-corrected chi connectivity index (χ4v) is 4.87. The molecule has 17 heavy (non-hydrogen) atoms. The van der Waals surface area contributed by atoms with Crippen LogP contribution in [0.15, 0.2) is 0 Å². The lowest BCUT2D eigenvalue weighted by molar-refractivity contribution is -0.146. The van der Waals surface area contributed by atoms with Crippen molar-refractivity contribution >= 4 is 5.91 Å². The second kappa shape index (κ2) is 4.00. The Balaban J connectivity index is 1.75. The summed E-state index contributed by atoms with van der Waals surface area (Å²) in [5.41, 5.74) is 0.0399. The van der Waals surface area contributed by atoms with Gasteiger partial charge in [-0.05, 0) is 69.6 Å². The van der Waals surface area contributed by atoms with E-state index in [4.69, 9.17) is 0 Å². The van der Waals surface area contributed by atoms with E-state index in [-0.39, 0.29) is 5.41 Å². The van der Waals surface area contributed by atoms with E-state index < -0.39 is 0 Å². The van der Waals surface area contributed by atoms with Crippen molar-refractivity contribution in [3.63, 3.8) is 0 Å². The van der Waals surface area contributed by atoms with Gasteiger partial charge < -0.3 is 5.32 Å². The molecule has 0 spiro atoms. The third-order valence-corrected chi connectivity index (χ3v) is 5.51. The Morgan fingerprint density at radius 1 is 1.18 bits per heavy atom. The first kappa shape index (κ1) is 11.6. The highest BCUT2D eigenvalue weighted by atomic mass is 16.2. The first-order chi connectivity index (χ1) is 8.11. The van der Waals surface area contributed by atoms with Crippen molar-refractivity contribution in [1.29, 1.82) is 0 Å². The lowest BCUT2D eigenvalue weighted by atomic mass is 9.49. The topological polar surface area (TPSA) is 29.1 Å². The molecule has 0 unspecified atom stereocenters. The van der Waals surface area contributed by atoms with Crippen LogP contribution in [0.4, 0.5) is 0 Å². The third kappa shape index (κ3) is 1.90. The van der Waals surface area contributed by atoms with E-state index in [1.54, 1.807) is 0 Å². The zero-order valence-electron chi connectivity index (χ0n) is 11.2. The second-order valence-electron chi connectivity index (χ2n) is 6.98. The van der Waals surface area contributed by atoms with Gasteiger partial charge >= 0.3 is 0 Å². The summed E-state index contributed by atoms with van der Waals surface area (Å²) >= 11 is 0. The van der Waals surface area contributed by atoms with Crippen LogP contribution in [0.5, 0.6) is 0 Å². The SMILES string of the molecule is CC[C@@H](C)NC(=O)C12CC3CC(CC(C3)C1)C2. The summed E-state index contributed by atoms with van der Waals surface area (Å²) in [4.78, 5) is 12.6. The van der Waals surface area contributed by atoms with Crippen LogP contribution in [0, 0.1) is 23.2 Å². The fourth-order valence-electron chi connectivity index (χ4n) is 4.87. The Bertz CT molecular complexity index is 288. The van der Waals surface area contributed by atoms with Gasteiger partial charge in [-0.2, -0.15) is 0 Å². The molecule has 4 saturated carbocycles. The number of amides is 1. The molecule has 4 rings (SSSR count). The van der Waals surface area contributed by atoms with Crippen LogP contribution in [-0.4, -0.2) is 11.9 Å². The monoisotopic (exact) mass is 235 g/mol. The molecule has 0 aromatic carbocycles. The molecule has 4 fully saturated rings. The second-order valence-corrected chi connectivity index (χ2v) is 6.98. The van der Waals surface area contributed by atoms with Crippen molar-refractivity contribution < 1.29 is 4.79 Å². The summed E-state index contributed by atoms with van der Waals surface area (Å²) in [7, 11) is 0. The van der Waals surface area contributed by atoms with Gasteiger partial charge in [0, 0.05) is 11.5 Å². The standard InChI is InChI=1S/C15H25NO/c1-3-10(2)16-14(17)15-7-11-4-12(8-15)6-13(5-11)9-15/h10-13H,3-9H2,1-2H3,(H,16,17)/t10-,11?,12?,13?,15?/m1/s1. The molecule has 0 aromatic rings. The molecule has 1 N–H and O–H groups in total. The first-order valence-corrected chi connectivity index (χ1v) is 7.42. The Labute approximate surface area is 105 Å². The Morgan fingerprint density at radius 3 is 2.06 bits per heavy atom. The molecular weight excluding hydrogens is 210 g/mol. The van der Waals surface area contributed by atoms with Crippen molar-refractivity contribution in [2.24, 2.45) is 23.2 Å². The third-order valence-electron chi connectivity index (χ3n) is 5.51. The molecule has 2 heteroatoms. The van der Waals surface area contributed by atoms with Gasteiger partial charge in [0.25, 0.3) is 0 Å². The van der Waals surface area contributed by atoms with Crippen LogP contribution in [0.2, 0.25) is 0 Å². The lowest BCUT2D eigenvalue weighted by Gasteiger charge is -2.55. The molecule has 4 aliphatic carbocycles. The Kier molecular flexibility index (Phi) is 2.72. The maximum atomic E-state index is 12.6. The molecule has 0 heterocycles. The first-order valence-electron chi connectivity index (χ1n) is 7.42. The van der Waals surface area contributed by atoms with Crippen LogP contribution < -0.4 is 5.32 Å². The Hall–Kier alpha value is -0.530. The van der Waals surface area contributed by atoms with Gasteiger partial charge in [0.2, 0.25) is 5.91 Å². The van der Waals surface area contributed by atoms with E-state index >= 15 is 0 Å². The van der Waals surface area contributed by atoms with Gasteiger partial charge in [-0.15, -0.1) is 0 Å². The minimum atomic E-state index is 0.0399. The minimum Gasteiger partial charge on any atom is -0.353 e. The van der Waals surface area contributed by atoms with Crippen LogP contribution in [0.3, 0.4) is 0 Å². The maximum Gasteiger partial charge on any atom is 0.226 e. The van der Waals surface area contributed by atoms with Crippen molar-refractivity contribution in [1.82, 2.24) is 5.32 Å². The van der Waals surface area contributed by atoms with Crippen LogP contribution in [0.25, 0.3) is 0 Å². The fraction of sp³-hybridized carbons (Fsp3) is 0.933. The molecule has 0 saturated heterocycles. The predicted octanol–water partition coefficient (Wildman–Crippen LogP) is 3.12. The molecule has 0 aliphatic heterocycles. The smallest absolute Gasteiger partial charge is 0.226 e. The summed E-state index contributed by atoms with van der Waals surface area (Å²) in [6.07, 6.45) is 8.82. The summed E-state index contributed by atoms with van der Waals surface area (Å²) < 4.78 is 0. The van der Waals surface area contributed by atoms with Crippen molar-refractivity contribution in [2.75, 3.05) is 0 Å². The summed E-state index contributed by atoms with van der Waals surface area (Å²) in [5, 5.41) is 3.25. The zero-order chi connectivity index (χ0) is 12.0. The van der Waals surface area contributed by atoms with Crippen LogP contribution >= 0.6 is 0 Å². The maximum absolute atomic E-state index is 12.6. The minimum absolute atomic E-state index is 0.0399. The number of hydrogen-bond acceptors (Lipinski definition) is 1. The lowest BCUT2D eigenvalue weighted by Crippen LogP contribution is -2.54. The number of carbonyl (C=O) groups excluding carboxylic acids is 1. The van der Waals surface area contributed by atoms with E-state index in [0.29, 0.717) is 11.9 Å². The van der Waals surface area contributed by atoms with Gasteiger partial charge in [0.1, 0.15) is 0 Å². The average Bonchev–Trinajstić information content (AvgIpc) is 2.26. The molecule has 2 nitrogen and oxygen atoms in total. The number of carbonyl (C=O) groups is 1. The summed E-state index contributed by atoms with van der Waals surface area (Å²) in [6, 6.07) is 0.343. The summed E-state index contributed by atoms with van der Waals surface area (Å²) in [5.74, 6) is 2.97. The van der Waals surface area contributed by atoms with Crippen molar-refractivity contribution in [3.8, 4) is 0 Å². The number of rotatable bonds is 3. The highest BCUT2D eigenvalue weighted by molar-refractivity contribution is 5.83. The Morgan fingerprint density at radius 2 is 1.65 bits per heavy atom. The molecule has 4 aliphatic rings. The largest absolute Gasteiger partial charge is 0.353 e. The van der Waals surface area contributed by atoms with Crippen LogP contribution in [0.1, 0.15) is 58.8 Å². The molecule has 1 atom stereocenters. The molecule has 96 valence electrons. The highest BCUT2D eigenvalue weighted by Crippen LogP contribution is 2.60. The van der Waals surface area contributed by atoms with Gasteiger partial charge in [-0.1, -0.05) is 6.92 Å². The van der Waals surface area contributed by atoms with E-state index in [2.05, 4.69) is 19.2 Å². The molecule has 1 amide bonds. The quantitative estimate of drug-likeness (QED) is 0.800. The van der Waals surface area contributed by atoms with Gasteiger partial charge in [-0.3, -0.25) is 4.79 Å². The number of nitrogens with one attached hydrogen (secondary N) is 1. The van der Waals surface area contributed by atoms with Gasteiger partial charge in [0.15, 0.2) is 0 Å². The molecule has 4 bridgehead atoms. The van der Waals surface area contributed by atoms with Crippen molar-refractivity contribution in [2.45, 2.75) is 64.8 Å². The van der Waals surface area contributed by atoms with Crippen LogP contribution in [-0.2, 0) is 4.79 Å². The van der Waals surface area contributed by atoms with E-state index in [9.17, 15) is 4.79 Å². The van der Waals surface area contributed by atoms with E-state index in [0.717, 1.165) is 24.2 Å². The average molecular weight is 235 g/mol. The summed E-state index contributed by atoms with van der Waals surface area (Å²) in [6.45, 7) is 4.27. The molecule has 0 radical (unpaired) electrons. The normalized spacial score (nSPS) is 44.7. The van der Waals surface area contributed by atoms with E-state index in [1.807, 2.05) is 0 Å². The van der Waals surface area contributed by atoms with Crippen molar-refractivity contribution in [3.05, 3.63) is 0 Å². The predicted molar refractivity (Wildman–Crippen MR) is 68.5 cm³/mol. The van der Waals surface area contributed by atoms with Gasteiger partial charge in [0.05, 0.1) is 0 Å². The molecular formula is C15H25NO. The number of hydrogen-bond donors (Lipinski definition) is 1.